The number of alkyl halides is 3. The molecule has 0 saturated heterocycles. The normalized spacial score (nSPS) is 17.5. The molecule has 1 unspecified atom stereocenters. The Bertz CT molecular complexity index is 841. The molecular formula is C14H13F3N4O3. The molecule has 0 spiro atoms. The van der Waals surface area contributed by atoms with Gasteiger partial charge in [-0.2, -0.15) is 18.3 Å². The molecule has 1 aliphatic heterocycles. The highest BCUT2D eigenvalue weighted by Gasteiger charge is 2.33. The Morgan fingerprint density at radius 2 is 2.17 bits per heavy atom. The summed E-state index contributed by atoms with van der Waals surface area (Å²) in [5.41, 5.74) is -1.48. The van der Waals surface area contributed by atoms with Gasteiger partial charge in [0.1, 0.15) is 17.6 Å². The van der Waals surface area contributed by atoms with Gasteiger partial charge >= 0.3 is 17.8 Å². The number of halogens is 3. The average Bonchev–Trinajstić information content (AvgIpc) is 2.83. The van der Waals surface area contributed by atoms with E-state index in [2.05, 4.69) is 10.1 Å². The highest BCUT2D eigenvalue weighted by molar-refractivity contribution is 5.72. The second-order valence-electron chi connectivity index (χ2n) is 5.52. The van der Waals surface area contributed by atoms with Crippen molar-refractivity contribution in [2.75, 3.05) is 0 Å². The highest BCUT2D eigenvalue weighted by Crippen LogP contribution is 2.28. The van der Waals surface area contributed by atoms with Crippen LogP contribution in [0.15, 0.2) is 23.1 Å². The first kappa shape index (κ1) is 16.2. The zero-order valence-corrected chi connectivity index (χ0v) is 12.3. The number of aromatic nitrogens is 4. The minimum atomic E-state index is -4.58. The van der Waals surface area contributed by atoms with Crippen LogP contribution in [0.4, 0.5) is 13.2 Å². The van der Waals surface area contributed by atoms with Crippen LogP contribution >= 0.6 is 0 Å². The van der Waals surface area contributed by atoms with Crippen molar-refractivity contribution in [2.45, 2.75) is 38.0 Å². The Morgan fingerprint density at radius 1 is 1.42 bits per heavy atom. The maximum atomic E-state index is 12.7. The van der Waals surface area contributed by atoms with Crippen molar-refractivity contribution < 1.29 is 23.1 Å². The molecule has 1 atom stereocenters. The van der Waals surface area contributed by atoms with Crippen LogP contribution in [0.5, 0.6) is 0 Å². The van der Waals surface area contributed by atoms with Crippen LogP contribution in [0.1, 0.15) is 36.0 Å². The van der Waals surface area contributed by atoms with Crippen molar-refractivity contribution in [3.05, 3.63) is 45.9 Å². The second-order valence-corrected chi connectivity index (χ2v) is 5.52. The Kier molecular flexibility index (Phi) is 3.90. The maximum absolute atomic E-state index is 12.7. The number of carbonyl (C=O) groups is 1. The van der Waals surface area contributed by atoms with E-state index in [-0.39, 0.29) is 12.1 Å². The summed E-state index contributed by atoms with van der Waals surface area (Å²) in [5.74, 6) is -0.787. The summed E-state index contributed by atoms with van der Waals surface area (Å²) >= 11 is 0. The van der Waals surface area contributed by atoms with E-state index in [9.17, 15) is 27.9 Å². The summed E-state index contributed by atoms with van der Waals surface area (Å²) in [6, 6.07) is 1.21. The lowest BCUT2D eigenvalue weighted by atomic mass is 10.1. The van der Waals surface area contributed by atoms with E-state index >= 15 is 0 Å². The van der Waals surface area contributed by atoms with E-state index in [1.165, 1.54) is 6.07 Å². The van der Waals surface area contributed by atoms with E-state index in [0.29, 0.717) is 25.1 Å². The third-order valence-corrected chi connectivity index (χ3v) is 3.86. The van der Waals surface area contributed by atoms with Gasteiger partial charge in [-0.15, -0.1) is 0 Å². The van der Waals surface area contributed by atoms with E-state index in [4.69, 9.17) is 0 Å². The van der Waals surface area contributed by atoms with Crippen molar-refractivity contribution >= 4 is 5.97 Å². The fourth-order valence-electron chi connectivity index (χ4n) is 2.77. The van der Waals surface area contributed by atoms with Gasteiger partial charge in [-0.25, -0.2) is 14.3 Å². The molecule has 0 aromatic carbocycles. The topological polar surface area (TPSA) is 90.0 Å². The Morgan fingerprint density at radius 3 is 2.83 bits per heavy atom. The maximum Gasteiger partial charge on any atom is 0.433 e. The van der Waals surface area contributed by atoms with Gasteiger partial charge in [0.25, 0.3) is 0 Å². The predicted molar refractivity (Wildman–Crippen MR) is 74.4 cm³/mol. The number of nitrogens with zero attached hydrogens (tertiary/aromatic N) is 4. The lowest BCUT2D eigenvalue weighted by Crippen LogP contribution is -2.34. The Hall–Kier alpha value is -2.65. The van der Waals surface area contributed by atoms with Gasteiger partial charge < -0.3 is 5.11 Å². The zero-order valence-electron chi connectivity index (χ0n) is 12.3. The monoisotopic (exact) mass is 342 g/mol. The summed E-state index contributed by atoms with van der Waals surface area (Å²) in [5, 5.41) is 13.3. The summed E-state index contributed by atoms with van der Waals surface area (Å²) in [7, 11) is 0. The standard InChI is InChI=1S/C14H13F3N4O3/c15-14(16,17)10-6-8(4-5-18-10)7-20-13(24)21-9(12(22)23)2-1-3-11(21)19-20/h4-6,9H,1-3,7H2,(H,22,23). The van der Waals surface area contributed by atoms with Crippen LogP contribution in [0.25, 0.3) is 0 Å². The number of pyridine rings is 1. The molecule has 1 N–H and O–H groups in total. The van der Waals surface area contributed by atoms with Crippen LogP contribution in [0.3, 0.4) is 0 Å². The highest BCUT2D eigenvalue weighted by atomic mass is 19.4. The lowest BCUT2D eigenvalue weighted by Gasteiger charge is -2.19. The molecule has 0 saturated carbocycles. The molecule has 128 valence electrons. The van der Waals surface area contributed by atoms with Crippen molar-refractivity contribution in [3.63, 3.8) is 0 Å². The number of carboxylic acids is 1. The van der Waals surface area contributed by atoms with E-state index in [1.54, 1.807) is 0 Å². The van der Waals surface area contributed by atoms with E-state index < -0.39 is 29.6 Å². The van der Waals surface area contributed by atoms with Gasteiger partial charge in [-0.1, -0.05) is 0 Å². The van der Waals surface area contributed by atoms with Crippen LogP contribution < -0.4 is 5.69 Å². The van der Waals surface area contributed by atoms with Crippen molar-refractivity contribution in [2.24, 2.45) is 0 Å². The molecular weight excluding hydrogens is 329 g/mol. The Labute approximate surface area is 133 Å². The number of carboxylic acid groups (broad SMARTS) is 1. The van der Waals surface area contributed by atoms with Crippen molar-refractivity contribution in [3.8, 4) is 0 Å². The molecule has 0 fully saturated rings. The van der Waals surface area contributed by atoms with Gasteiger partial charge in [0.05, 0.1) is 6.54 Å². The number of aryl methyl sites for hydroxylation is 1. The van der Waals surface area contributed by atoms with Crippen molar-refractivity contribution in [1.29, 1.82) is 0 Å². The quantitative estimate of drug-likeness (QED) is 0.912. The molecule has 0 aliphatic carbocycles. The number of rotatable bonds is 3. The van der Waals surface area contributed by atoms with Gasteiger partial charge in [-0.3, -0.25) is 9.55 Å². The molecule has 2 aromatic rings. The van der Waals surface area contributed by atoms with Gasteiger partial charge in [0.15, 0.2) is 0 Å². The first-order valence-electron chi connectivity index (χ1n) is 7.20. The second kappa shape index (κ2) is 5.77. The minimum Gasteiger partial charge on any atom is -0.480 e. The number of hydrogen-bond donors (Lipinski definition) is 1. The predicted octanol–water partition coefficient (Wildman–Crippen LogP) is 1.47. The zero-order chi connectivity index (χ0) is 17.5. The van der Waals surface area contributed by atoms with Crippen LogP contribution in [0, 0.1) is 0 Å². The van der Waals surface area contributed by atoms with Crippen LogP contribution in [-0.2, 0) is 23.9 Å². The molecule has 0 radical (unpaired) electrons. The largest absolute Gasteiger partial charge is 0.480 e. The van der Waals surface area contributed by atoms with Gasteiger partial charge in [0.2, 0.25) is 0 Å². The summed E-state index contributed by atoms with van der Waals surface area (Å²) in [6.45, 7) is -0.184. The molecule has 0 amide bonds. The molecule has 10 heteroatoms. The van der Waals surface area contributed by atoms with Gasteiger partial charge in [0, 0.05) is 12.6 Å². The fraction of sp³-hybridized carbons (Fsp3) is 0.429. The van der Waals surface area contributed by atoms with Crippen LogP contribution in [-0.4, -0.2) is 30.4 Å². The Balaban J connectivity index is 1.95. The molecule has 1 aliphatic rings. The number of aliphatic carboxylic acids is 1. The fourth-order valence-corrected chi connectivity index (χ4v) is 2.77. The van der Waals surface area contributed by atoms with E-state index in [1.807, 2.05) is 0 Å². The smallest absolute Gasteiger partial charge is 0.433 e. The molecule has 7 nitrogen and oxygen atoms in total. The molecule has 3 heterocycles. The van der Waals surface area contributed by atoms with Crippen LogP contribution in [0.2, 0.25) is 0 Å². The van der Waals surface area contributed by atoms with Crippen molar-refractivity contribution in [1.82, 2.24) is 19.3 Å². The molecule has 3 rings (SSSR count). The minimum absolute atomic E-state index is 0.184. The van der Waals surface area contributed by atoms with E-state index in [0.717, 1.165) is 21.5 Å². The molecule has 2 aromatic heterocycles. The first-order chi connectivity index (χ1) is 11.3. The number of hydrogen-bond acceptors (Lipinski definition) is 4. The summed E-state index contributed by atoms with van der Waals surface area (Å²) in [4.78, 5) is 26.9. The third kappa shape index (κ3) is 2.91. The molecule has 24 heavy (non-hydrogen) atoms. The summed E-state index contributed by atoms with van der Waals surface area (Å²) < 4.78 is 40.2. The summed E-state index contributed by atoms with van der Waals surface area (Å²) in [6.07, 6.45) is -2.21. The average molecular weight is 342 g/mol. The third-order valence-electron chi connectivity index (χ3n) is 3.86. The first-order valence-corrected chi connectivity index (χ1v) is 7.20. The van der Waals surface area contributed by atoms with Gasteiger partial charge in [-0.05, 0) is 30.5 Å². The lowest BCUT2D eigenvalue weighted by molar-refractivity contribution is -0.142. The SMILES string of the molecule is O=C(O)C1CCCc2nn(Cc3ccnc(C(F)(F)F)c3)c(=O)n21. The molecule has 0 bridgehead atoms. The number of fused-ring (bicyclic) bond motifs is 1.